The summed E-state index contributed by atoms with van der Waals surface area (Å²) in [5, 5.41) is 8.68. The van der Waals surface area contributed by atoms with E-state index in [1.54, 1.807) is 4.31 Å². The topological polar surface area (TPSA) is 80.0 Å². The third-order valence-electron chi connectivity index (χ3n) is 5.58. The number of hydrogen-bond donors (Lipinski definition) is 0. The van der Waals surface area contributed by atoms with Gasteiger partial charge < -0.3 is 9.64 Å². The van der Waals surface area contributed by atoms with E-state index >= 15 is 0 Å². The standard InChI is InChI=1S/C18H27N5O3S/c1-27(24,25)22-10-11-26-14-15(13-22)12-21-8-5-16(6-9-21)18-20-19-17-4-2-3-7-23(17)18/h2-4,7,15-16H,5-6,8-14H2,1H3. The van der Waals surface area contributed by atoms with Gasteiger partial charge in [-0.25, -0.2) is 8.42 Å². The molecule has 0 amide bonds. The lowest BCUT2D eigenvalue weighted by atomic mass is 9.95. The molecule has 8 nitrogen and oxygen atoms in total. The first-order valence-electron chi connectivity index (χ1n) is 9.55. The van der Waals surface area contributed by atoms with Crippen LogP contribution in [0.3, 0.4) is 0 Å². The SMILES string of the molecule is CS(=O)(=O)N1CCOCC(CN2CCC(c3nnc4ccccn34)CC2)C1. The lowest BCUT2D eigenvalue weighted by Crippen LogP contribution is -2.42. The van der Waals surface area contributed by atoms with Crippen molar-refractivity contribution in [3.63, 3.8) is 0 Å². The first-order chi connectivity index (χ1) is 13.0. The summed E-state index contributed by atoms with van der Waals surface area (Å²) in [7, 11) is -3.17. The quantitative estimate of drug-likeness (QED) is 0.765. The normalized spacial score (nSPS) is 24.3. The van der Waals surface area contributed by atoms with E-state index in [0.717, 1.165) is 43.9 Å². The number of sulfonamides is 1. The number of piperidine rings is 1. The monoisotopic (exact) mass is 393 g/mol. The highest BCUT2D eigenvalue weighted by Gasteiger charge is 2.29. The highest BCUT2D eigenvalue weighted by molar-refractivity contribution is 7.88. The van der Waals surface area contributed by atoms with Crippen LogP contribution in [0.4, 0.5) is 0 Å². The minimum absolute atomic E-state index is 0.215. The van der Waals surface area contributed by atoms with Crippen molar-refractivity contribution < 1.29 is 13.2 Å². The number of ether oxygens (including phenoxy) is 1. The first kappa shape index (κ1) is 18.8. The average Bonchev–Trinajstić information content (AvgIpc) is 2.93. The van der Waals surface area contributed by atoms with Gasteiger partial charge in [0.1, 0.15) is 5.82 Å². The molecule has 4 rings (SSSR count). The summed E-state index contributed by atoms with van der Waals surface area (Å²) < 4.78 is 33.1. The molecule has 1 atom stereocenters. The van der Waals surface area contributed by atoms with Crippen molar-refractivity contribution in [1.82, 2.24) is 23.8 Å². The van der Waals surface area contributed by atoms with E-state index in [2.05, 4.69) is 19.5 Å². The van der Waals surface area contributed by atoms with Crippen molar-refractivity contribution in [2.24, 2.45) is 5.92 Å². The molecule has 2 aromatic rings. The van der Waals surface area contributed by atoms with Crippen LogP contribution >= 0.6 is 0 Å². The maximum absolute atomic E-state index is 11.9. The fraction of sp³-hybridized carbons (Fsp3) is 0.667. The summed E-state index contributed by atoms with van der Waals surface area (Å²) >= 11 is 0. The second-order valence-corrected chi connectivity index (χ2v) is 9.61. The van der Waals surface area contributed by atoms with Gasteiger partial charge in [0.25, 0.3) is 0 Å². The van der Waals surface area contributed by atoms with Gasteiger partial charge in [-0.05, 0) is 38.1 Å². The molecule has 9 heteroatoms. The van der Waals surface area contributed by atoms with Crippen LogP contribution in [-0.2, 0) is 14.8 Å². The minimum atomic E-state index is -3.17. The van der Waals surface area contributed by atoms with Gasteiger partial charge in [-0.3, -0.25) is 4.40 Å². The van der Waals surface area contributed by atoms with Crippen molar-refractivity contribution in [2.75, 3.05) is 52.2 Å². The molecular formula is C18H27N5O3S. The molecule has 0 aliphatic carbocycles. The maximum atomic E-state index is 11.9. The van der Waals surface area contributed by atoms with E-state index in [1.807, 2.05) is 24.4 Å². The Bertz CT molecular complexity index is 876. The van der Waals surface area contributed by atoms with E-state index in [9.17, 15) is 8.42 Å². The molecule has 2 fully saturated rings. The van der Waals surface area contributed by atoms with Gasteiger partial charge in [0.2, 0.25) is 10.0 Å². The van der Waals surface area contributed by atoms with Crippen molar-refractivity contribution in [1.29, 1.82) is 0 Å². The molecule has 2 aliphatic rings. The number of likely N-dealkylation sites (tertiary alicyclic amines) is 1. The number of pyridine rings is 1. The summed E-state index contributed by atoms with van der Waals surface area (Å²) in [6, 6.07) is 5.96. The second kappa shape index (κ2) is 7.83. The lowest BCUT2D eigenvalue weighted by Gasteiger charge is -2.34. The van der Waals surface area contributed by atoms with Crippen LogP contribution in [0.2, 0.25) is 0 Å². The van der Waals surface area contributed by atoms with Crippen LogP contribution in [-0.4, -0.2) is 84.4 Å². The molecule has 0 radical (unpaired) electrons. The Morgan fingerprint density at radius 2 is 2.00 bits per heavy atom. The molecule has 1 unspecified atom stereocenters. The fourth-order valence-electron chi connectivity index (χ4n) is 4.14. The van der Waals surface area contributed by atoms with Gasteiger partial charge in [-0.1, -0.05) is 6.07 Å². The van der Waals surface area contributed by atoms with Crippen LogP contribution in [0.1, 0.15) is 24.6 Å². The lowest BCUT2D eigenvalue weighted by molar-refractivity contribution is 0.0961. The second-order valence-electron chi connectivity index (χ2n) is 7.62. The molecule has 148 valence electrons. The van der Waals surface area contributed by atoms with E-state index in [0.29, 0.717) is 32.2 Å². The van der Waals surface area contributed by atoms with Gasteiger partial charge >= 0.3 is 0 Å². The van der Waals surface area contributed by atoms with Crippen molar-refractivity contribution >= 4 is 15.7 Å². The summed E-state index contributed by atoms with van der Waals surface area (Å²) in [5.41, 5.74) is 0.895. The smallest absolute Gasteiger partial charge is 0.211 e. The molecule has 2 aliphatic heterocycles. The predicted octanol–water partition coefficient (Wildman–Crippen LogP) is 0.817. The molecule has 0 aromatic carbocycles. The van der Waals surface area contributed by atoms with Gasteiger partial charge in [0.15, 0.2) is 5.65 Å². The predicted molar refractivity (Wildman–Crippen MR) is 102 cm³/mol. The molecule has 0 saturated carbocycles. The molecule has 27 heavy (non-hydrogen) atoms. The van der Waals surface area contributed by atoms with E-state index in [-0.39, 0.29) is 5.92 Å². The van der Waals surface area contributed by atoms with Crippen molar-refractivity contribution in [3.05, 3.63) is 30.2 Å². The summed E-state index contributed by atoms with van der Waals surface area (Å²) in [4.78, 5) is 2.43. The summed E-state index contributed by atoms with van der Waals surface area (Å²) in [6.07, 6.45) is 5.39. The number of fused-ring (bicyclic) bond motifs is 1. The highest BCUT2D eigenvalue weighted by Crippen LogP contribution is 2.27. The van der Waals surface area contributed by atoms with E-state index in [1.165, 1.54) is 6.26 Å². The number of rotatable bonds is 4. The van der Waals surface area contributed by atoms with Crippen LogP contribution in [0, 0.1) is 5.92 Å². The Balaban J connectivity index is 1.35. The number of nitrogens with zero attached hydrogens (tertiary/aromatic N) is 5. The van der Waals surface area contributed by atoms with Gasteiger partial charge in [-0.2, -0.15) is 4.31 Å². The van der Waals surface area contributed by atoms with Crippen LogP contribution in [0.25, 0.3) is 5.65 Å². The Morgan fingerprint density at radius 3 is 2.78 bits per heavy atom. The molecule has 0 N–H and O–H groups in total. The van der Waals surface area contributed by atoms with Crippen LogP contribution < -0.4 is 0 Å². The van der Waals surface area contributed by atoms with E-state index in [4.69, 9.17) is 4.74 Å². The Hall–Kier alpha value is -1.55. The minimum Gasteiger partial charge on any atom is -0.380 e. The molecule has 2 aromatic heterocycles. The zero-order valence-corrected chi connectivity index (χ0v) is 16.5. The van der Waals surface area contributed by atoms with Crippen LogP contribution in [0.5, 0.6) is 0 Å². The van der Waals surface area contributed by atoms with E-state index < -0.39 is 10.0 Å². The average molecular weight is 394 g/mol. The van der Waals surface area contributed by atoms with Gasteiger partial charge in [-0.15, -0.1) is 10.2 Å². The summed E-state index contributed by atoms with van der Waals surface area (Å²) in [6.45, 7) is 4.96. The molecule has 0 spiro atoms. The van der Waals surface area contributed by atoms with Gasteiger partial charge in [0.05, 0.1) is 19.5 Å². The zero-order chi connectivity index (χ0) is 18.9. The maximum Gasteiger partial charge on any atom is 0.211 e. The van der Waals surface area contributed by atoms with Crippen molar-refractivity contribution in [3.8, 4) is 0 Å². The third-order valence-corrected chi connectivity index (χ3v) is 6.85. The Labute approximate surface area is 160 Å². The highest BCUT2D eigenvalue weighted by atomic mass is 32.2. The van der Waals surface area contributed by atoms with Gasteiger partial charge in [0, 0.05) is 37.7 Å². The largest absolute Gasteiger partial charge is 0.380 e. The molecule has 4 heterocycles. The Kier molecular flexibility index (Phi) is 5.45. The third kappa shape index (κ3) is 4.31. The number of hydrogen-bond acceptors (Lipinski definition) is 6. The zero-order valence-electron chi connectivity index (χ0n) is 15.7. The molecule has 0 bridgehead atoms. The molecule has 2 saturated heterocycles. The summed E-state index contributed by atoms with van der Waals surface area (Å²) in [5.74, 6) is 1.68. The Morgan fingerprint density at radius 1 is 1.19 bits per heavy atom. The first-order valence-corrected chi connectivity index (χ1v) is 11.4. The molecular weight excluding hydrogens is 366 g/mol. The van der Waals surface area contributed by atoms with Crippen LogP contribution in [0.15, 0.2) is 24.4 Å². The number of aromatic nitrogens is 3. The fourth-order valence-corrected chi connectivity index (χ4v) is 5.02. The van der Waals surface area contributed by atoms with Crippen molar-refractivity contribution in [2.45, 2.75) is 18.8 Å².